The Labute approximate surface area is 228 Å². The van der Waals surface area contributed by atoms with Crippen LogP contribution in [0.15, 0.2) is 91.3 Å². The van der Waals surface area contributed by atoms with Crippen molar-refractivity contribution in [1.82, 2.24) is 19.5 Å². The second-order valence-corrected chi connectivity index (χ2v) is 11.9. The summed E-state index contributed by atoms with van der Waals surface area (Å²) in [7, 11) is 0. The maximum Gasteiger partial charge on any atom is 0.221 e. The smallest absolute Gasteiger partial charge is 0.221 e. The Morgan fingerprint density at radius 2 is 1.54 bits per heavy atom. The molecule has 39 heavy (non-hydrogen) atoms. The van der Waals surface area contributed by atoms with Crippen molar-refractivity contribution in [3.63, 3.8) is 0 Å². The highest BCUT2D eigenvalue weighted by Crippen LogP contribution is 2.48. The number of rotatable bonds is 3. The van der Waals surface area contributed by atoms with Crippen molar-refractivity contribution in [2.45, 2.75) is 45.4 Å². The third kappa shape index (κ3) is 3.64. The first-order valence-electron chi connectivity index (χ1n) is 13.4. The standard InChI is InChI=1S/C34H30N4O/c1-33(2,3)21-18-29(38-28-13-7-6-10-23(28)25-12-9-17-36-32(25)38)37-30(19-21)39-22-14-15-27-26(20-22)24-11-8-16-35-31(24)34(27,4)5/h6-20H,1-5H3. The van der Waals surface area contributed by atoms with Gasteiger partial charge in [0.1, 0.15) is 17.2 Å². The zero-order chi connectivity index (χ0) is 26.9. The van der Waals surface area contributed by atoms with Crippen molar-refractivity contribution in [2.24, 2.45) is 0 Å². The minimum Gasteiger partial charge on any atom is -0.439 e. The molecule has 0 atom stereocenters. The van der Waals surface area contributed by atoms with Gasteiger partial charge in [0.05, 0.1) is 11.2 Å². The largest absolute Gasteiger partial charge is 0.439 e. The van der Waals surface area contributed by atoms with Gasteiger partial charge in [0, 0.05) is 40.2 Å². The van der Waals surface area contributed by atoms with E-state index in [2.05, 4.69) is 99.8 Å². The average Bonchev–Trinajstić information content (AvgIpc) is 3.37. The molecule has 6 aromatic rings. The van der Waals surface area contributed by atoms with E-state index in [0.29, 0.717) is 5.88 Å². The summed E-state index contributed by atoms with van der Waals surface area (Å²) >= 11 is 0. The van der Waals surface area contributed by atoms with E-state index in [0.717, 1.165) is 50.3 Å². The summed E-state index contributed by atoms with van der Waals surface area (Å²) in [5.41, 5.74) is 7.53. The van der Waals surface area contributed by atoms with E-state index >= 15 is 0 Å². The van der Waals surface area contributed by atoms with Gasteiger partial charge >= 0.3 is 0 Å². The molecule has 0 radical (unpaired) electrons. The molecule has 0 aliphatic heterocycles. The Balaban J connectivity index is 1.39. The predicted octanol–water partition coefficient (Wildman–Crippen LogP) is 8.36. The number of hydrogen-bond acceptors (Lipinski definition) is 4. The Hall–Kier alpha value is -4.51. The summed E-state index contributed by atoms with van der Waals surface area (Å²) in [6.07, 6.45) is 3.71. The van der Waals surface area contributed by atoms with Crippen LogP contribution in [0, 0.1) is 0 Å². The van der Waals surface area contributed by atoms with Gasteiger partial charge in [-0.15, -0.1) is 0 Å². The van der Waals surface area contributed by atoms with Crippen LogP contribution in [0.1, 0.15) is 51.4 Å². The van der Waals surface area contributed by atoms with Crippen molar-refractivity contribution < 1.29 is 4.74 Å². The zero-order valence-corrected chi connectivity index (χ0v) is 22.9. The van der Waals surface area contributed by atoms with E-state index in [-0.39, 0.29) is 10.8 Å². The van der Waals surface area contributed by atoms with Gasteiger partial charge < -0.3 is 4.74 Å². The van der Waals surface area contributed by atoms with Gasteiger partial charge in [0.15, 0.2) is 0 Å². The molecule has 0 saturated carbocycles. The van der Waals surface area contributed by atoms with Gasteiger partial charge in [-0.25, -0.2) is 4.98 Å². The molecule has 5 nitrogen and oxygen atoms in total. The molecule has 0 unspecified atom stereocenters. The lowest BCUT2D eigenvalue weighted by atomic mass is 9.85. The number of para-hydroxylation sites is 1. The second-order valence-electron chi connectivity index (χ2n) is 11.9. The Kier molecular flexibility index (Phi) is 4.99. The number of fused-ring (bicyclic) bond motifs is 6. The highest BCUT2D eigenvalue weighted by Gasteiger charge is 2.36. The van der Waals surface area contributed by atoms with Gasteiger partial charge in [0.25, 0.3) is 0 Å². The Morgan fingerprint density at radius 3 is 2.38 bits per heavy atom. The summed E-state index contributed by atoms with van der Waals surface area (Å²) in [5, 5.41) is 2.26. The van der Waals surface area contributed by atoms with Crippen LogP contribution in [-0.2, 0) is 10.8 Å². The van der Waals surface area contributed by atoms with E-state index in [1.165, 1.54) is 11.1 Å². The maximum atomic E-state index is 6.52. The van der Waals surface area contributed by atoms with E-state index < -0.39 is 0 Å². The van der Waals surface area contributed by atoms with Gasteiger partial charge in [0.2, 0.25) is 5.88 Å². The molecule has 1 aliphatic carbocycles. The minimum atomic E-state index is -0.147. The molecule has 0 N–H and O–H groups in total. The van der Waals surface area contributed by atoms with Crippen molar-refractivity contribution in [2.75, 3.05) is 0 Å². The van der Waals surface area contributed by atoms with E-state index in [1.807, 2.05) is 30.6 Å². The number of pyridine rings is 3. The first-order valence-corrected chi connectivity index (χ1v) is 13.4. The van der Waals surface area contributed by atoms with E-state index in [9.17, 15) is 0 Å². The maximum absolute atomic E-state index is 6.52. The highest BCUT2D eigenvalue weighted by molar-refractivity contribution is 6.07. The molecule has 4 aromatic heterocycles. The average molecular weight is 511 g/mol. The topological polar surface area (TPSA) is 52.8 Å². The number of hydrogen-bond donors (Lipinski definition) is 0. The van der Waals surface area contributed by atoms with Gasteiger partial charge in [-0.3, -0.25) is 9.55 Å². The fraction of sp³-hybridized carbons (Fsp3) is 0.206. The SMILES string of the molecule is CC(C)(C)c1cc(Oc2ccc3c(c2)-c2cccnc2C3(C)C)nc(-n2c3ccccc3c3cccnc32)c1. The Bertz CT molecular complexity index is 1860. The number of nitrogens with zero attached hydrogens (tertiary/aromatic N) is 4. The molecule has 4 heterocycles. The third-order valence-electron chi connectivity index (χ3n) is 7.89. The minimum absolute atomic E-state index is 0.103. The second kappa shape index (κ2) is 8.24. The lowest BCUT2D eigenvalue weighted by molar-refractivity contribution is 0.458. The van der Waals surface area contributed by atoms with Crippen LogP contribution in [0.4, 0.5) is 0 Å². The van der Waals surface area contributed by atoms with Crippen LogP contribution >= 0.6 is 0 Å². The fourth-order valence-corrected chi connectivity index (χ4v) is 5.84. The molecular formula is C34H30N4O. The first kappa shape index (κ1) is 23.6. The monoisotopic (exact) mass is 510 g/mol. The van der Waals surface area contributed by atoms with Gasteiger partial charge in [-0.1, -0.05) is 65.0 Å². The molecule has 0 saturated heterocycles. The zero-order valence-electron chi connectivity index (χ0n) is 22.9. The lowest BCUT2D eigenvalue weighted by Gasteiger charge is -2.22. The summed E-state index contributed by atoms with van der Waals surface area (Å²) in [5.74, 6) is 2.10. The molecule has 0 bridgehead atoms. The Morgan fingerprint density at radius 1 is 0.769 bits per heavy atom. The van der Waals surface area contributed by atoms with Crippen LogP contribution in [0.2, 0.25) is 0 Å². The number of ether oxygens (including phenoxy) is 1. The highest BCUT2D eigenvalue weighted by atomic mass is 16.5. The predicted molar refractivity (Wildman–Crippen MR) is 157 cm³/mol. The van der Waals surface area contributed by atoms with Crippen LogP contribution in [0.25, 0.3) is 38.9 Å². The van der Waals surface area contributed by atoms with Crippen molar-refractivity contribution in [1.29, 1.82) is 0 Å². The lowest BCUT2D eigenvalue weighted by Crippen LogP contribution is -2.16. The third-order valence-corrected chi connectivity index (χ3v) is 7.89. The number of aromatic nitrogens is 4. The van der Waals surface area contributed by atoms with Crippen molar-refractivity contribution in [3.8, 4) is 28.6 Å². The van der Waals surface area contributed by atoms with Crippen LogP contribution in [0.5, 0.6) is 11.6 Å². The molecular weight excluding hydrogens is 480 g/mol. The first-order chi connectivity index (χ1) is 18.7. The molecule has 0 spiro atoms. The summed E-state index contributed by atoms with van der Waals surface area (Å²) in [6.45, 7) is 11.1. The fourth-order valence-electron chi connectivity index (χ4n) is 5.84. The van der Waals surface area contributed by atoms with Crippen LogP contribution < -0.4 is 4.74 Å². The molecule has 192 valence electrons. The van der Waals surface area contributed by atoms with Gasteiger partial charge in [-0.05, 0) is 64.6 Å². The molecule has 0 amide bonds. The summed E-state index contributed by atoms with van der Waals surface area (Å²) < 4.78 is 8.66. The van der Waals surface area contributed by atoms with Crippen LogP contribution in [0.3, 0.4) is 0 Å². The summed E-state index contributed by atoms with van der Waals surface area (Å²) in [4.78, 5) is 14.5. The van der Waals surface area contributed by atoms with Crippen molar-refractivity contribution >= 4 is 21.9 Å². The quantitative estimate of drug-likeness (QED) is 0.240. The van der Waals surface area contributed by atoms with E-state index in [1.54, 1.807) is 0 Å². The van der Waals surface area contributed by atoms with E-state index in [4.69, 9.17) is 19.7 Å². The molecule has 1 aliphatic rings. The normalized spacial score (nSPS) is 14.0. The van der Waals surface area contributed by atoms with Gasteiger partial charge in [-0.2, -0.15) is 4.98 Å². The molecule has 2 aromatic carbocycles. The summed E-state index contributed by atoms with van der Waals surface area (Å²) in [6, 6.07) is 27.2. The number of benzene rings is 2. The molecule has 0 fully saturated rings. The van der Waals surface area contributed by atoms with Crippen LogP contribution in [-0.4, -0.2) is 19.5 Å². The molecule has 7 rings (SSSR count). The van der Waals surface area contributed by atoms with Crippen molar-refractivity contribution in [3.05, 3.63) is 108 Å². The molecule has 5 heteroatoms.